The molecule has 1 aromatic heterocycles. The van der Waals surface area contributed by atoms with E-state index in [1.807, 2.05) is 0 Å². The van der Waals surface area contributed by atoms with Crippen molar-refractivity contribution in [2.45, 2.75) is 6.18 Å². The van der Waals surface area contributed by atoms with Crippen LogP contribution >= 0.6 is 0 Å². The van der Waals surface area contributed by atoms with Crippen LogP contribution in [0, 0.1) is 0 Å². The molecule has 0 radical (unpaired) electrons. The number of hydrogen-bond acceptors (Lipinski definition) is 3. The van der Waals surface area contributed by atoms with E-state index in [2.05, 4.69) is 10.2 Å². The Morgan fingerprint density at radius 2 is 1.89 bits per heavy atom. The maximum atomic E-state index is 12.7. The molecule has 1 aromatic carbocycles. The number of ketones is 1. The van der Waals surface area contributed by atoms with Gasteiger partial charge in [0.15, 0.2) is 5.78 Å². The first-order valence-corrected chi connectivity index (χ1v) is 4.91. The number of benzene rings is 1. The van der Waals surface area contributed by atoms with E-state index in [-0.39, 0.29) is 11.4 Å². The summed E-state index contributed by atoms with van der Waals surface area (Å²) in [5.41, 5.74) is 3.90. The first-order valence-electron chi connectivity index (χ1n) is 4.91. The second-order valence-electron chi connectivity index (χ2n) is 3.57. The highest BCUT2D eigenvalue weighted by Gasteiger charge is 2.35. The van der Waals surface area contributed by atoms with Gasteiger partial charge in [-0.25, -0.2) is 0 Å². The van der Waals surface area contributed by atoms with Crippen LogP contribution in [0.5, 0.6) is 0 Å². The Labute approximate surface area is 99.6 Å². The summed E-state index contributed by atoms with van der Waals surface area (Å²) in [6, 6.07) is 4.54. The van der Waals surface area contributed by atoms with Gasteiger partial charge in [-0.15, -0.1) is 0 Å². The molecule has 2 aromatic rings. The summed E-state index contributed by atoms with van der Waals surface area (Å²) in [4.78, 5) is 12.0. The molecule has 0 amide bonds. The Morgan fingerprint density at radius 3 is 2.44 bits per heavy atom. The van der Waals surface area contributed by atoms with Gasteiger partial charge in [0.05, 0.1) is 17.3 Å². The van der Waals surface area contributed by atoms with Crippen molar-refractivity contribution in [3.05, 3.63) is 47.2 Å². The predicted octanol–water partition coefficient (Wildman–Crippen LogP) is 2.24. The zero-order chi connectivity index (χ0) is 13.3. The molecule has 0 aliphatic carbocycles. The average Bonchev–Trinajstić information content (AvgIpc) is 2.73. The number of anilines is 1. The van der Waals surface area contributed by atoms with Gasteiger partial charge >= 0.3 is 6.18 Å². The van der Waals surface area contributed by atoms with Gasteiger partial charge in [-0.2, -0.15) is 18.3 Å². The predicted molar refractivity (Wildman–Crippen MR) is 57.9 cm³/mol. The SMILES string of the molecule is Nc1[nH]ncc1C(=O)c1ccccc1C(F)(F)F. The molecule has 0 spiro atoms. The molecule has 0 unspecified atom stereocenters. The van der Waals surface area contributed by atoms with Crippen LogP contribution in [0.3, 0.4) is 0 Å². The summed E-state index contributed by atoms with van der Waals surface area (Å²) >= 11 is 0. The number of halogens is 3. The molecular weight excluding hydrogens is 247 g/mol. The Bertz CT molecular complexity index is 589. The van der Waals surface area contributed by atoms with Crippen LogP contribution in [0.4, 0.5) is 19.0 Å². The topological polar surface area (TPSA) is 71.8 Å². The minimum Gasteiger partial charge on any atom is -0.383 e. The minimum atomic E-state index is -4.59. The van der Waals surface area contributed by atoms with Crippen molar-refractivity contribution in [1.29, 1.82) is 0 Å². The third-order valence-electron chi connectivity index (χ3n) is 2.39. The lowest BCUT2D eigenvalue weighted by Crippen LogP contribution is -2.14. The second-order valence-corrected chi connectivity index (χ2v) is 3.57. The largest absolute Gasteiger partial charge is 0.417 e. The van der Waals surface area contributed by atoms with Gasteiger partial charge in [0.1, 0.15) is 5.82 Å². The highest BCUT2D eigenvalue weighted by Crippen LogP contribution is 2.33. The highest BCUT2D eigenvalue weighted by atomic mass is 19.4. The molecule has 7 heteroatoms. The maximum absolute atomic E-state index is 12.7. The number of carbonyl (C=O) groups is 1. The molecule has 18 heavy (non-hydrogen) atoms. The molecule has 0 saturated carbocycles. The molecule has 0 fully saturated rings. The smallest absolute Gasteiger partial charge is 0.383 e. The van der Waals surface area contributed by atoms with E-state index >= 15 is 0 Å². The van der Waals surface area contributed by atoms with Crippen molar-refractivity contribution in [1.82, 2.24) is 10.2 Å². The fourth-order valence-corrected chi connectivity index (χ4v) is 1.55. The van der Waals surface area contributed by atoms with E-state index in [4.69, 9.17) is 5.73 Å². The van der Waals surface area contributed by atoms with Crippen molar-refractivity contribution >= 4 is 11.6 Å². The van der Waals surface area contributed by atoms with E-state index in [9.17, 15) is 18.0 Å². The average molecular weight is 255 g/mol. The summed E-state index contributed by atoms with van der Waals surface area (Å²) < 4.78 is 38.2. The third kappa shape index (κ3) is 2.06. The fraction of sp³-hybridized carbons (Fsp3) is 0.0909. The van der Waals surface area contributed by atoms with Gasteiger partial charge < -0.3 is 5.73 Å². The number of rotatable bonds is 2. The highest BCUT2D eigenvalue weighted by molar-refractivity contribution is 6.12. The standard InChI is InChI=1S/C11H8F3N3O/c12-11(13,14)8-4-2-1-3-6(8)9(18)7-5-16-17-10(7)15/h1-5H,(H3,15,16,17). The van der Waals surface area contributed by atoms with Crippen molar-refractivity contribution in [2.75, 3.05) is 5.73 Å². The first-order chi connectivity index (χ1) is 8.41. The van der Waals surface area contributed by atoms with E-state index in [1.54, 1.807) is 0 Å². The molecule has 1 heterocycles. The number of carbonyl (C=O) groups excluding carboxylic acids is 1. The Hall–Kier alpha value is -2.31. The van der Waals surface area contributed by atoms with E-state index < -0.39 is 23.1 Å². The fourth-order valence-electron chi connectivity index (χ4n) is 1.55. The monoisotopic (exact) mass is 255 g/mol. The summed E-state index contributed by atoms with van der Waals surface area (Å²) in [5.74, 6) is -0.869. The quantitative estimate of drug-likeness (QED) is 0.808. The molecule has 4 nitrogen and oxygen atoms in total. The number of nitrogens with zero attached hydrogens (tertiary/aromatic N) is 1. The lowest BCUT2D eigenvalue weighted by Gasteiger charge is -2.11. The van der Waals surface area contributed by atoms with Gasteiger partial charge in [-0.3, -0.25) is 9.89 Å². The lowest BCUT2D eigenvalue weighted by molar-refractivity contribution is -0.137. The van der Waals surface area contributed by atoms with Gasteiger partial charge in [0.25, 0.3) is 0 Å². The molecule has 94 valence electrons. The summed E-state index contributed by atoms with van der Waals surface area (Å²) in [6.07, 6.45) is -3.49. The minimum absolute atomic E-state index is 0.0584. The van der Waals surface area contributed by atoms with Crippen molar-refractivity contribution < 1.29 is 18.0 Å². The zero-order valence-electron chi connectivity index (χ0n) is 8.95. The van der Waals surface area contributed by atoms with Crippen LogP contribution in [0.2, 0.25) is 0 Å². The number of nitrogens with one attached hydrogen (secondary N) is 1. The van der Waals surface area contributed by atoms with Crippen molar-refractivity contribution in [2.24, 2.45) is 0 Å². The van der Waals surface area contributed by atoms with Gasteiger partial charge in [0, 0.05) is 5.56 Å². The van der Waals surface area contributed by atoms with Crippen LogP contribution < -0.4 is 5.73 Å². The number of H-pyrrole nitrogens is 1. The summed E-state index contributed by atoms with van der Waals surface area (Å²) in [7, 11) is 0. The molecule has 0 bridgehead atoms. The maximum Gasteiger partial charge on any atom is 0.417 e. The second kappa shape index (κ2) is 4.17. The molecule has 0 atom stereocenters. The number of aromatic nitrogens is 2. The van der Waals surface area contributed by atoms with E-state index in [0.717, 1.165) is 18.3 Å². The Kier molecular flexibility index (Phi) is 2.82. The van der Waals surface area contributed by atoms with Gasteiger partial charge in [-0.1, -0.05) is 18.2 Å². The number of hydrogen-bond donors (Lipinski definition) is 2. The van der Waals surface area contributed by atoms with Crippen molar-refractivity contribution in [3.63, 3.8) is 0 Å². The van der Waals surface area contributed by atoms with Gasteiger partial charge in [-0.05, 0) is 6.07 Å². The molecule has 3 N–H and O–H groups in total. The Morgan fingerprint density at radius 1 is 1.22 bits per heavy atom. The van der Waals surface area contributed by atoms with Crippen LogP contribution in [-0.2, 0) is 6.18 Å². The molecule has 0 aliphatic rings. The summed E-state index contributed by atoms with van der Waals surface area (Å²) in [6.45, 7) is 0. The van der Waals surface area contributed by atoms with E-state index in [0.29, 0.717) is 0 Å². The lowest BCUT2D eigenvalue weighted by atomic mass is 9.99. The number of nitrogens with two attached hydrogens (primary N) is 1. The number of alkyl halides is 3. The molecular formula is C11H8F3N3O. The molecule has 0 aliphatic heterocycles. The van der Waals surface area contributed by atoms with Gasteiger partial charge in [0.2, 0.25) is 0 Å². The van der Waals surface area contributed by atoms with Crippen molar-refractivity contribution in [3.8, 4) is 0 Å². The summed E-state index contributed by atoms with van der Waals surface area (Å²) in [5, 5.41) is 5.81. The molecule has 0 saturated heterocycles. The Balaban J connectivity index is 2.53. The number of nitrogen functional groups attached to an aromatic ring is 1. The van der Waals surface area contributed by atoms with Crippen LogP contribution in [-0.4, -0.2) is 16.0 Å². The van der Waals surface area contributed by atoms with E-state index in [1.165, 1.54) is 12.1 Å². The third-order valence-corrected chi connectivity index (χ3v) is 2.39. The van der Waals surface area contributed by atoms with Crippen LogP contribution in [0.25, 0.3) is 0 Å². The first kappa shape index (κ1) is 12.2. The van der Waals surface area contributed by atoms with Crippen LogP contribution in [0.15, 0.2) is 30.5 Å². The van der Waals surface area contributed by atoms with Crippen LogP contribution in [0.1, 0.15) is 21.5 Å². The number of aromatic amines is 1. The normalized spacial score (nSPS) is 11.5. The molecule has 2 rings (SSSR count). The zero-order valence-corrected chi connectivity index (χ0v) is 8.95.